The van der Waals surface area contributed by atoms with Gasteiger partial charge in [-0.2, -0.15) is 0 Å². The lowest BCUT2D eigenvalue weighted by Gasteiger charge is -2.25. The van der Waals surface area contributed by atoms with Gasteiger partial charge in [0.05, 0.1) is 25.0 Å². The van der Waals surface area contributed by atoms with Gasteiger partial charge in [-0.3, -0.25) is 4.79 Å². The van der Waals surface area contributed by atoms with Crippen LogP contribution in [0.2, 0.25) is 0 Å². The molecule has 0 saturated carbocycles. The number of likely N-dealkylation sites (N-methyl/N-ethyl adjacent to an activating group) is 1. The molecule has 0 fully saturated rings. The Morgan fingerprint density at radius 3 is 2.74 bits per heavy atom. The molecular weight excluding hydrogens is 340 g/mol. The molecule has 0 spiro atoms. The van der Waals surface area contributed by atoms with E-state index in [1.807, 2.05) is 67.2 Å². The molecule has 0 aliphatic heterocycles. The van der Waals surface area contributed by atoms with Gasteiger partial charge >= 0.3 is 0 Å². The summed E-state index contributed by atoms with van der Waals surface area (Å²) in [5, 5.41) is 2.97. The number of ether oxygens (including phenoxy) is 1. The third-order valence-electron chi connectivity index (χ3n) is 4.44. The van der Waals surface area contributed by atoms with Gasteiger partial charge in [-0.15, -0.1) is 0 Å². The van der Waals surface area contributed by atoms with E-state index in [0.29, 0.717) is 6.54 Å². The van der Waals surface area contributed by atoms with Crippen molar-refractivity contribution in [1.29, 1.82) is 0 Å². The monoisotopic (exact) mass is 364 g/mol. The summed E-state index contributed by atoms with van der Waals surface area (Å²) in [6, 6.07) is 13.8. The molecule has 27 heavy (non-hydrogen) atoms. The molecule has 0 bridgehead atoms. The Balaban J connectivity index is 1.63. The highest BCUT2D eigenvalue weighted by Crippen LogP contribution is 2.20. The molecule has 3 aromatic rings. The number of imidazole rings is 1. The number of carbonyl (C=O) groups is 1. The van der Waals surface area contributed by atoms with Crippen molar-refractivity contribution in [3.8, 4) is 5.75 Å². The van der Waals surface area contributed by atoms with Crippen LogP contribution in [0.25, 0.3) is 11.7 Å². The van der Waals surface area contributed by atoms with E-state index in [0.717, 1.165) is 22.7 Å². The summed E-state index contributed by atoms with van der Waals surface area (Å²) in [5.74, 6) is 0.678. The molecule has 0 saturated heterocycles. The maximum absolute atomic E-state index is 12.3. The highest BCUT2D eigenvalue weighted by Gasteiger charge is 2.14. The molecular formula is C21H24N4O2. The van der Waals surface area contributed by atoms with Crippen molar-refractivity contribution < 1.29 is 9.53 Å². The van der Waals surface area contributed by atoms with Crippen molar-refractivity contribution in [2.24, 2.45) is 0 Å². The Morgan fingerprint density at radius 1 is 1.26 bits per heavy atom. The van der Waals surface area contributed by atoms with Crippen LogP contribution in [0.5, 0.6) is 5.75 Å². The predicted molar refractivity (Wildman–Crippen MR) is 107 cm³/mol. The molecule has 0 aliphatic carbocycles. The third-order valence-corrected chi connectivity index (χ3v) is 4.44. The summed E-state index contributed by atoms with van der Waals surface area (Å²) in [7, 11) is 5.64. The van der Waals surface area contributed by atoms with Gasteiger partial charge in [0.15, 0.2) is 0 Å². The van der Waals surface area contributed by atoms with Crippen LogP contribution in [0.1, 0.15) is 17.3 Å². The van der Waals surface area contributed by atoms with Gasteiger partial charge in [-0.1, -0.05) is 18.2 Å². The van der Waals surface area contributed by atoms with Crippen molar-refractivity contribution in [2.45, 2.75) is 6.04 Å². The molecule has 6 nitrogen and oxygen atoms in total. The number of hydrogen-bond donors (Lipinski definition) is 1. The highest BCUT2D eigenvalue weighted by atomic mass is 16.5. The largest absolute Gasteiger partial charge is 0.497 e. The van der Waals surface area contributed by atoms with Crippen LogP contribution >= 0.6 is 0 Å². The first-order valence-electron chi connectivity index (χ1n) is 8.77. The fourth-order valence-corrected chi connectivity index (χ4v) is 2.92. The summed E-state index contributed by atoms with van der Waals surface area (Å²) in [6.07, 6.45) is 6.98. The number of carbonyl (C=O) groups excluding carboxylic acids is 1. The lowest BCUT2D eigenvalue weighted by molar-refractivity contribution is -0.116. The fraction of sp³-hybridized carbons (Fsp3) is 0.238. The van der Waals surface area contributed by atoms with Crippen LogP contribution in [0.4, 0.5) is 0 Å². The predicted octanol–water partition coefficient (Wildman–Crippen LogP) is 2.78. The number of benzene rings is 1. The summed E-state index contributed by atoms with van der Waals surface area (Å²) < 4.78 is 7.14. The number of nitrogens with one attached hydrogen (secondary N) is 1. The summed E-state index contributed by atoms with van der Waals surface area (Å²) >= 11 is 0. The van der Waals surface area contributed by atoms with Crippen LogP contribution in [0, 0.1) is 0 Å². The van der Waals surface area contributed by atoms with Crippen LogP contribution < -0.4 is 10.1 Å². The van der Waals surface area contributed by atoms with E-state index in [-0.39, 0.29) is 11.9 Å². The molecule has 0 radical (unpaired) electrons. The van der Waals surface area contributed by atoms with Crippen molar-refractivity contribution in [2.75, 3.05) is 27.7 Å². The Labute approximate surface area is 159 Å². The van der Waals surface area contributed by atoms with E-state index < -0.39 is 0 Å². The Hall–Kier alpha value is -3.12. The zero-order chi connectivity index (χ0) is 19.2. The molecule has 2 aromatic heterocycles. The van der Waals surface area contributed by atoms with Crippen molar-refractivity contribution >= 4 is 17.6 Å². The number of amides is 1. The standard InChI is InChI=1S/C21H24N4O2/c1-24(2)19(16-7-10-18(27-3)11-8-16)15-23-21(26)12-9-17-14-22-20-6-4-5-13-25(17)20/h4-14,19H,15H2,1-3H3,(H,23,26)/b12-9+. The molecule has 1 atom stereocenters. The average molecular weight is 364 g/mol. The molecule has 1 amide bonds. The molecule has 3 rings (SSSR count). The van der Waals surface area contributed by atoms with Crippen molar-refractivity contribution in [3.63, 3.8) is 0 Å². The minimum atomic E-state index is -0.138. The second kappa shape index (κ2) is 8.51. The van der Waals surface area contributed by atoms with E-state index in [9.17, 15) is 4.79 Å². The maximum atomic E-state index is 12.3. The fourth-order valence-electron chi connectivity index (χ4n) is 2.92. The highest BCUT2D eigenvalue weighted by molar-refractivity contribution is 5.91. The third kappa shape index (κ3) is 4.54. The number of nitrogens with zero attached hydrogens (tertiary/aromatic N) is 3. The second-order valence-corrected chi connectivity index (χ2v) is 6.44. The Bertz CT molecular complexity index is 929. The number of rotatable bonds is 7. The van der Waals surface area contributed by atoms with Gasteiger partial charge in [-0.25, -0.2) is 4.98 Å². The lowest BCUT2D eigenvalue weighted by atomic mass is 10.1. The van der Waals surface area contributed by atoms with E-state index in [2.05, 4.69) is 15.2 Å². The van der Waals surface area contributed by atoms with Crippen molar-refractivity contribution in [1.82, 2.24) is 19.6 Å². The lowest BCUT2D eigenvalue weighted by Crippen LogP contribution is -2.33. The van der Waals surface area contributed by atoms with Gasteiger partial charge in [0.1, 0.15) is 11.4 Å². The molecule has 1 unspecified atom stereocenters. The van der Waals surface area contributed by atoms with Gasteiger partial charge < -0.3 is 19.4 Å². The normalized spacial score (nSPS) is 12.6. The van der Waals surface area contributed by atoms with Crippen LogP contribution in [0.3, 0.4) is 0 Å². The molecule has 0 aliphatic rings. The minimum Gasteiger partial charge on any atom is -0.497 e. The zero-order valence-electron chi connectivity index (χ0n) is 15.8. The van der Waals surface area contributed by atoms with Gasteiger partial charge in [-0.05, 0) is 50.0 Å². The van der Waals surface area contributed by atoms with Crippen LogP contribution in [-0.4, -0.2) is 47.9 Å². The second-order valence-electron chi connectivity index (χ2n) is 6.44. The number of methoxy groups -OCH3 is 1. The minimum absolute atomic E-state index is 0.0732. The SMILES string of the molecule is COc1ccc(C(CNC(=O)/C=C/c2cnc3ccccn23)N(C)C)cc1. The number of fused-ring (bicyclic) bond motifs is 1. The number of pyridine rings is 1. The first-order chi connectivity index (χ1) is 13.1. The van der Waals surface area contributed by atoms with E-state index >= 15 is 0 Å². The topological polar surface area (TPSA) is 58.9 Å². The maximum Gasteiger partial charge on any atom is 0.244 e. The van der Waals surface area contributed by atoms with Gasteiger partial charge in [0.25, 0.3) is 0 Å². The van der Waals surface area contributed by atoms with Gasteiger partial charge in [0.2, 0.25) is 5.91 Å². The zero-order valence-corrected chi connectivity index (χ0v) is 15.8. The van der Waals surface area contributed by atoms with E-state index in [4.69, 9.17) is 4.74 Å². The van der Waals surface area contributed by atoms with Crippen molar-refractivity contribution in [3.05, 3.63) is 72.2 Å². The van der Waals surface area contributed by atoms with E-state index in [1.165, 1.54) is 6.08 Å². The average Bonchev–Trinajstić information content (AvgIpc) is 3.10. The molecule has 1 N–H and O–H groups in total. The Kier molecular flexibility index (Phi) is 5.88. The summed E-state index contributed by atoms with van der Waals surface area (Å²) in [4.78, 5) is 18.7. The molecule has 6 heteroatoms. The molecule has 140 valence electrons. The first-order valence-corrected chi connectivity index (χ1v) is 8.77. The summed E-state index contributed by atoms with van der Waals surface area (Å²) in [5.41, 5.74) is 2.83. The van der Waals surface area contributed by atoms with Crippen LogP contribution in [-0.2, 0) is 4.79 Å². The quantitative estimate of drug-likeness (QED) is 0.655. The summed E-state index contributed by atoms with van der Waals surface area (Å²) in [6.45, 7) is 0.510. The van der Waals surface area contributed by atoms with Crippen LogP contribution in [0.15, 0.2) is 60.9 Å². The number of aromatic nitrogens is 2. The smallest absolute Gasteiger partial charge is 0.244 e. The van der Waals surface area contributed by atoms with E-state index in [1.54, 1.807) is 19.4 Å². The Morgan fingerprint density at radius 2 is 2.04 bits per heavy atom. The molecule has 2 heterocycles. The first kappa shape index (κ1) is 18.7. The van der Waals surface area contributed by atoms with Gasteiger partial charge in [0, 0.05) is 18.8 Å². The molecule has 1 aromatic carbocycles. The number of hydrogen-bond acceptors (Lipinski definition) is 4.